The van der Waals surface area contributed by atoms with Gasteiger partial charge >= 0.3 is 5.97 Å². The Morgan fingerprint density at radius 2 is 2.20 bits per heavy atom. The van der Waals surface area contributed by atoms with Crippen LogP contribution >= 0.6 is 0 Å². The number of rotatable bonds is 6. The molecule has 2 N–H and O–H groups in total. The highest BCUT2D eigenvalue weighted by atomic mass is 16.6. The summed E-state index contributed by atoms with van der Waals surface area (Å²) in [6.45, 7) is 6.94. The van der Waals surface area contributed by atoms with E-state index < -0.39 is 6.10 Å². The molecule has 6 atom stereocenters. The van der Waals surface area contributed by atoms with Gasteiger partial charge in [0.05, 0.1) is 12.0 Å². The molecule has 25 heavy (non-hydrogen) atoms. The lowest BCUT2D eigenvalue weighted by molar-refractivity contribution is -0.144. The third kappa shape index (κ3) is 3.38. The van der Waals surface area contributed by atoms with E-state index in [1.165, 1.54) is 5.57 Å². The first-order valence-corrected chi connectivity index (χ1v) is 9.79. The molecule has 0 bridgehead atoms. The predicted molar refractivity (Wildman–Crippen MR) is 98.1 cm³/mol. The number of allylic oxidation sites excluding steroid dienone is 1. The van der Waals surface area contributed by atoms with Gasteiger partial charge in [0.2, 0.25) is 0 Å². The van der Waals surface area contributed by atoms with Crippen LogP contribution in [0.25, 0.3) is 0 Å². The molecule has 2 fully saturated rings. The number of carbonyl (C=O) groups is 1. The van der Waals surface area contributed by atoms with Crippen molar-refractivity contribution in [2.45, 2.75) is 51.7 Å². The van der Waals surface area contributed by atoms with Gasteiger partial charge in [-0.15, -0.1) is 0 Å². The first kappa shape index (κ1) is 18.9. The van der Waals surface area contributed by atoms with Crippen LogP contribution < -0.4 is 5.32 Å². The summed E-state index contributed by atoms with van der Waals surface area (Å²) in [4.78, 5) is 14.6. The van der Waals surface area contributed by atoms with Gasteiger partial charge in [0.1, 0.15) is 6.10 Å². The van der Waals surface area contributed by atoms with Gasteiger partial charge in [-0.3, -0.25) is 4.79 Å². The van der Waals surface area contributed by atoms with E-state index in [2.05, 4.69) is 44.2 Å². The summed E-state index contributed by atoms with van der Waals surface area (Å²) < 4.78 is 5.68. The number of aliphatic hydroxyl groups is 1. The van der Waals surface area contributed by atoms with Crippen LogP contribution in [-0.2, 0) is 9.53 Å². The third-order valence-corrected chi connectivity index (χ3v) is 6.89. The molecule has 0 radical (unpaired) electrons. The highest BCUT2D eigenvalue weighted by Crippen LogP contribution is 2.55. The molecule has 0 aromatic rings. The van der Waals surface area contributed by atoms with Crippen molar-refractivity contribution in [3.8, 4) is 0 Å². The minimum absolute atomic E-state index is 0.0865. The first-order chi connectivity index (χ1) is 11.9. The molecule has 0 amide bonds. The van der Waals surface area contributed by atoms with Gasteiger partial charge in [0, 0.05) is 24.3 Å². The first-order valence-electron chi connectivity index (χ1n) is 9.79. The summed E-state index contributed by atoms with van der Waals surface area (Å²) in [6, 6.07) is 0. The maximum absolute atomic E-state index is 12.4. The Kier molecular flexibility index (Phi) is 5.57. The Hall–Kier alpha value is -0.910. The lowest BCUT2D eigenvalue weighted by atomic mass is 9.55. The second-order valence-corrected chi connectivity index (χ2v) is 8.66. The molecule has 0 aromatic heterocycles. The third-order valence-electron chi connectivity index (χ3n) is 6.89. The molecular formula is C20H34N2O3. The molecule has 0 spiro atoms. The molecule has 5 nitrogen and oxygen atoms in total. The summed E-state index contributed by atoms with van der Waals surface area (Å²) in [5.74, 6) is -0.0130. The highest BCUT2D eigenvalue weighted by Gasteiger charge is 2.59. The number of aliphatic hydroxyl groups excluding tert-OH is 1. The number of carbonyl (C=O) groups excluding carboxylic acids is 1. The Bertz CT molecular complexity index is 533. The summed E-state index contributed by atoms with van der Waals surface area (Å²) in [6.07, 6.45) is 5.64. The molecule has 0 aromatic carbocycles. The molecular weight excluding hydrogens is 316 g/mol. The molecule has 3 aliphatic rings. The number of nitrogens with one attached hydrogen (secondary N) is 1. The van der Waals surface area contributed by atoms with Crippen LogP contribution in [0, 0.1) is 23.2 Å². The molecule has 1 saturated carbocycles. The van der Waals surface area contributed by atoms with Crippen molar-refractivity contribution in [1.29, 1.82) is 0 Å². The Morgan fingerprint density at radius 1 is 1.44 bits per heavy atom. The summed E-state index contributed by atoms with van der Waals surface area (Å²) in [5.41, 5.74) is 1.09. The Balaban J connectivity index is 1.68. The van der Waals surface area contributed by atoms with Crippen molar-refractivity contribution < 1.29 is 14.6 Å². The maximum Gasteiger partial charge on any atom is 0.311 e. The van der Waals surface area contributed by atoms with Crippen LogP contribution in [0.4, 0.5) is 0 Å². The van der Waals surface area contributed by atoms with E-state index in [0.717, 1.165) is 38.8 Å². The minimum Gasteiger partial charge on any atom is -0.461 e. The number of esters is 1. The van der Waals surface area contributed by atoms with Gasteiger partial charge in [-0.25, -0.2) is 0 Å². The SMILES string of the molecule is C[C@H]1CCC=C2C[C@H]3OC(=O)[C@@H](CNCCCN(C)C)[C@H]3[C@@H](O)[C@@]21C. The second kappa shape index (κ2) is 7.37. The standard InChI is InChI=1S/C20H34N2O3/c1-13-7-5-8-14-11-16-17(18(23)20(13,14)2)15(19(24)25-16)12-21-9-6-10-22(3)4/h8,13,15-18,21,23H,5-7,9-12H2,1-4H3/t13-,15-,16+,17+,18+,20+/m0/s1. The highest BCUT2D eigenvalue weighted by molar-refractivity contribution is 5.76. The van der Waals surface area contributed by atoms with Crippen LogP contribution in [0.15, 0.2) is 11.6 Å². The van der Waals surface area contributed by atoms with E-state index in [-0.39, 0.29) is 29.3 Å². The largest absolute Gasteiger partial charge is 0.461 e. The van der Waals surface area contributed by atoms with Crippen LogP contribution in [0.2, 0.25) is 0 Å². The fourth-order valence-electron chi connectivity index (χ4n) is 5.07. The van der Waals surface area contributed by atoms with Crippen LogP contribution in [0.3, 0.4) is 0 Å². The van der Waals surface area contributed by atoms with Gasteiger partial charge in [-0.2, -0.15) is 0 Å². The topological polar surface area (TPSA) is 61.8 Å². The smallest absolute Gasteiger partial charge is 0.311 e. The van der Waals surface area contributed by atoms with Gasteiger partial charge in [-0.05, 0) is 52.4 Å². The van der Waals surface area contributed by atoms with Crippen molar-refractivity contribution in [1.82, 2.24) is 10.2 Å². The number of nitrogens with zero attached hydrogens (tertiary/aromatic N) is 1. The lowest BCUT2D eigenvalue weighted by Gasteiger charge is -2.51. The zero-order chi connectivity index (χ0) is 18.2. The molecule has 5 heteroatoms. The molecule has 1 heterocycles. The number of ether oxygens (including phenoxy) is 1. The molecule has 2 aliphatic carbocycles. The zero-order valence-corrected chi connectivity index (χ0v) is 16.1. The van der Waals surface area contributed by atoms with Gasteiger partial charge in [0.25, 0.3) is 0 Å². The van der Waals surface area contributed by atoms with E-state index in [1.54, 1.807) is 0 Å². The molecule has 0 unspecified atom stereocenters. The van der Waals surface area contributed by atoms with E-state index in [9.17, 15) is 9.90 Å². The fraction of sp³-hybridized carbons (Fsp3) is 0.850. The van der Waals surface area contributed by atoms with Crippen molar-refractivity contribution in [3.63, 3.8) is 0 Å². The second-order valence-electron chi connectivity index (χ2n) is 8.66. The van der Waals surface area contributed by atoms with Crippen molar-refractivity contribution >= 4 is 5.97 Å². The van der Waals surface area contributed by atoms with Gasteiger partial charge < -0.3 is 20.1 Å². The Morgan fingerprint density at radius 3 is 2.92 bits per heavy atom. The zero-order valence-electron chi connectivity index (χ0n) is 16.1. The van der Waals surface area contributed by atoms with Gasteiger partial charge in [0.15, 0.2) is 0 Å². The molecule has 142 valence electrons. The normalized spacial score (nSPS) is 40.5. The van der Waals surface area contributed by atoms with Gasteiger partial charge in [-0.1, -0.05) is 25.5 Å². The number of hydrogen-bond acceptors (Lipinski definition) is 5. The fourth-order valence-corrected chi connectivity index (χ4v) is 5.07. The van der Waals surface area contributed by atoms with E-state index >= 15 is 0 Å². The van der Waals surface area contributed by atoms with E-state index in [4.69, 9.17) is 4.74 Å². The number of fused-ring (bicyclic) bond motifs is 2. The Labute approximate surface area is 151 Å². The summed E-state index contributed by atoms with van der Waals surface area (Å²) in [5, 5.41) is 14.7. The average Bonchev–Trinajstić information content (AvgIpc) is 2.86. The maximum atomic E-state index is 12.4. The predicted octanol–water partition coefficient (Wildman–Crippen LogP) is 1.81. The summed E-state index contributed by atoms with van der Waals surface area (Å²) in [7, 11) is 4.13. The molecule has 1 aliphatic heterocycles. The molecule has 3 rings (SSSR count). The number of hydrogen-bond donors (Lipinski definition) is 2. The monoisotopic (exact) mass is 350 g/mol. The quantitative estimate of drug-likeness (QED) is 0.435. The van der Waals surface area contributed by atoms with E-state index in [0.29, 0.717) is 12.5 Å². The van der Waals surface area contributed by atoms with Crippen LogP contribution in [0.1, 0.15) is 39.5 Å². The van der Waals surface area contributed by atoms with Crippen molar-refractivity contribution in [2.24, 2.45) is 23.2 Å². The van der Waals surface area contributed by atoms with Crippen LogP contribution in [0.5, 0.6) is 0 Å². The minimum atomic E-state index is -0.507. The summed E-state index contributed by atoms with van der Waals surface area (Å²) >= 11 is 0. The lowest BCUT2D eigenvalue weighted by Crippen LogP contribution is -2.54. The van der Waals surface area contributed by atoms with Crippen LogP contribution in [-0.4, -0.2) is 61.9 Å². The van der Waals surface area contributed by atoms with Crippen molar-refractivity contribution in [3.05, 3.63) is 11.6 Å². The average molecular weight is 351 g/mol. The van der Waals surface area contributed by atoms with E-state index in [1.807, 2.05) is 0 Å². The molecule has 1 saturated heterocycles. The van der Waals surface area contributed by atoms with Crippen molar-refractivity contribution in [2.75, 3.05) is 33.7 Å².